The summed E-state index contributed by atoms with van der Waals surface area (Å²) < 4.78 is 1.41. The van der Waals surface area contributed by atoms with Crippen LogP contribution in [0.4, 0.5) is 5.82 Å². The van der Waals surface area contributed by atoms with Gasteiger partial charge in [-0.3, -0.25) is 4.68 Å². The van der Waals surface area contributed by atoms with Crippen molar-refractivity contribution in [2.45, 2.75) is 13.0 Å². The summed E-state index contributed by atoms with van der Waals surface area (Å²) in [5.41, 5.74) is 8.15. The van der Waals surface area contributed by atoms with Crippen LogP contribution < -0.4 is 5.73 Å². The van der Waals surface area contributed by atoms with Gasteiger partial charge in [-0.2, -0.15) is 5.10 Å². The molecular formula is C13H13N5O2. The standard InChI is InChI=1S/C13H13N5O2/c1-7(13(19)20)18-6-8(5-16-18)10-4-11(14)17-12-9(10)2-3-15-12/h2-7H,1H3,(H,19,20)(H3,14,15,17)/t7-/m1/s1. The fraction of sp³-hybridized carbons (Fsp3) is 0.154. The molecule has 0 aliphatic rings. The van der Waals surface area contributed by atoms with Crippen LogP contribution in [-0.4, -0.2) is 30.8 Å². The molecule has 0 fully saturated rings. The Bertz CT molecular complexity index is 789. The number of hydrogen-bond acceptors (Lipinski definition) is 4. The third-order valence-corrected chi connectivity index (χ3v) is 3.22. The Morgan fingerprint density at radius 2 is 2.35 bits per heavy atom. The van der Waals surface area contributed by atoms with E-state index in [0.717, 1.165) is 16.5 Å². The number of carboxylic acid groups (broad SMARTS) is 1. The third-order valence-electron chi connectivity index (χ3n) is 3.22. The maximum Gasteiger partial charge on any atom is 0.328 e. The van der Waals surface area contributed by atoms with E-state index in [0.29, 0.717) is 11.5 Å². The normalized spacial score (nSPS) is 12.7. The molecule has 0 saturated heterocycles. The highest BCUT2D eigenvalue weighted by Gasteiger charge is 2.16. The van der Waals surface area contributed by atoms with Gasteiger partial charge in [-0.15, -0.1) is 0 Å². The Hall–Kier alpha value is -2.83. The number of nitrogen functional groups attached to an aromatic ring is 1. The van der Waals surface area contributed by atoms with Gasteiger partial charge in [-0.25, -0.2) is 9.78 Å². The molecule has 102 valence electrons. The molecule has 0 amide bonds. The first kappa shape index (κ1) is 12.2. The Kier molecular flexibility index (Phi) is 2.67. The van der Waals surface area contributed by atoms with Gasteiger partial charge in [-0.05, 0) is 24.6 Å². The molecule has 0 radical (unpaired) electrons. The summed E-state index contributed by atoms with van der Waals surface area (Å²) in [6.07, 6.45) is 5.10. The molecule has 0 bridgehead atoms. The number of pyridine rings is 1. The number of anilines is 1. The van der Waals surface area contributed by atoms with Crippen LogP contribution in [0, 0.1) is 0 Å². The molecule has 7 heteroatoms. The predicted molar refractivity (Wildman–Crippen MR) is 74.1 cm³/mol. The van der Waals surface area contributed by atoms with Gasteiger partial charge in [0.15, 0.2) is 0 Å². The van der Waals surface area contributed by atoms with E-state index in [1.54, 1.807) is 31.6 Å². The van der Waals surface area contributed by atoms with E-state index in [4.69, 9.17) is 10.8 Å². The van der Waals surface area contributed by atoms with Crippen molar-refractivity contribution in [3.63, 3.8) is 0 Å². The quantitative estimate of drug-likeness (QED) is 0.671. The van der Waals surface area contributed by atoms with Crippen molar-refractivity contribution in [2.24, 2.45) is 0 Å². The van der Waals surface area contributed by atoms with Crippen molar-refractivity contribution < 1.29 is 9.90 Å². The highest BCUT2D eigenvalue weighted by atomic mass is 16.4. The maximum absolute atomic E-state index is 11.0. The van der Waals surface area contributed by atoms with Crippen molar-refractivity contribution in [2.75, 3.05) is 5.73 Å². The number of aromatic amines is 1. The second-order valence-electron chi connectivity index (χ2n) is 4.56. The van der Waals surface area contributed by atoms with Gasteiger partial charge < -0.3 is 15.8 Å². The van der Waals surface area contributed by atoms with Crippen LogP contribution >= 0.6 is 0 Å². The predicted octanol–water partition coefficient (Wildman–Crippen LogP) is 1.65. The van der Waals surface area contributed by atoms with Crippen LogP contribution in [0.2, 0.25) is 0 Å². The fourth-order valence-corrected chi connectivity index (χ4v) is 2.10. The van der Waals surface area contributed by atoms with Gasteiger partial charge >= 0.3 is 5.97 Å². The monoisotopic (exact) mass is 271 g/mol. The minimum atomic E-state index is -0.930. The van der Waals surface area contributed by atoms with Crippen molar-refractivity contribution in [3.8, 4) is 11.1 Å². The molecule has 0 saturated carbocycles. The minimum absolute atomic E-state index is 0.397. The molecule has 0 spiro atoms. The van der Waals surface area contributed by atoms with E-state index in [-0.39, 0.29) is 0 Å². The van der Waals surface area contributed by atoms with E-state index >= 15 is 0 Å². The summed E-state index contributed by atoms with van der Waals surface area (Å²) in [5, 5.41) is 14.0. The van der Waals surface area contributed by atoms with Gasteiger partial charge in [0.25, 0.3) is 0 Å². The lowest BCUT2D eigenvalue weighted by molar-refractivity contribution is -0.140. The Morgan fingerprint density at radius 1 is 1.55 bits per heavy atom. The van der Waals surface area contributed by atoms with Crippen molar-refractivity contribution in [3.05, 3.63) is 30.7 Å². The fourth-order valence-electron chi connectivity index (χ4n) is 2.10. The van der Waals surface area contributed by atoms with Crippen LogP contribution in [0.3, 0.4) is 0 Å². The summed E-state index contributed by atoms with van der Waals surface area (Å²) >= 11 is 0. The lowest BCUT2D eigenvalue weighted by atomic mass is 10.1. The van der Waals surface area contributed by atoms with Crippen LogP contribution in [0.15, 0.2) is 30.7 Å². The second kappa shape index (κ2) is 4.37. The minimum Gasteiger partial charge on any atom is -0.480 e. The van der Waals surface area contributed by atoms with E-state index in [1.165, 1.54) is 4.68 Å². The molecule has 1 atom stereocenters. The van der Waals surface area contributed by atoms with E-state index in [9.17, 15) is 4.79 Å². The maximum atomic E-state index is 11.0. The summed E-state index contributed by atoms with van der Waals surface area (Å²) in [6.45, 7) is 1.58. The molecular weight excluding hydrogens is 258 g/mol. The number of nitrogens with zero attached hydrogens (tertiary/aromatic N) is 3. The molecule has 0 unspecified atom stereocenters. The van der Waals surface area contributed by atoms with Crippen molar-refractivity contribution in [1.82, 2.24) is 19.7 Å². The zero-order chi connectivity index (χ0) is 14.3. The zero-order valence-electron chi connectivity index (χ0n) is 10.7. The van der Waals surface area contributed by atoms with E-state index < -0.39 is 12.0 Å². The Balaban J connectivity index is 2.12. The number of carboxylic acids is 1. The van der Waals surface area contributed by atoms with Crippen LogP contribution in [0.1, 0.15) is 13.0 Å². The number of aliphatic carboxylic acids is 1. The Morgan fingerprint density at radius 3 is 3.10 bits per heavy atom. The lowest BCUT2D eigenvalue weighted by Gasteiger charge is -2.05. The molecule has 3 aromatic heterocycles. The van der Waals surface area contributed by atoms with Crippen molar-refractivity contribution >= 4 is 22.8 Å². The van der Waals surface area contributed by atoms with Crippen LogP contribution in [-0.2, 0) is 4.79 Å². The van der Waals surface area contributed by atoms with Gasteiger partial charge in [-0.1, -0.05) is 0 Å². The molecule has 3 aromatic rings. The summed E-state index contributed by atoms with van der Waals surface area (Å²) in [6, 6.07) is 2.93. The first-order chi connectivity index (χ1) is 9.56. The van der Waals surface area contributed by atoms with Gasteiger partial charge in [0, 0.05) is 23.3 Å². The SMILES string of the molecule is C[C@H](C(=O)O)n1cc(-c2cc(N)nc3[nH]ccc23)cn1. The number of aromatic nitrogens is 4. The first-order valence-electron chi connectivity index (χ1n) is 6.07. The molecule has 0 aromatic carbocycles. The summed E-state index contributed by atoms with van der Waals surface area (Å²) in [7, 11) is 0. The number of fused-ring (bicyclic) bond motifs is 1. The lowest BCUT2D eigenvalue weighted by Crippen LogP contribution is -2.15. The number of H-pyrrole nitrogens is 1. The van der Waals surface area contributed by atoms with Gasteiger partial charge in [0.1, 0.15) is 17.5 Å². The van der Waals surface area contributed by atoms with Crippen LogP contribution in [0.25, 0.3) is 22.2 Å². The topological polar surface area (TPSA) is 110 Å². The molecule has 0 aliphatic heterocycles. The van der Waals surface area contributed by atoms with E-state index in [1.807, 2.05) is 6.07 Å². The smallest absolute Gasteiger partial charge is 0.328 e. The van der Waals surface area contributed by atoms with Crippen LogP contribution in [0.5, 0.6) is 0 Å². The van der Waals surface area contributed by atoms with E-state index in [2.05, 4.69) is 15.1 Å². The average Bonchev–Trinajstić information content (AvgIpc) is 3.05. The highest BCUT2D eigenvalue weighted by molar-refractivity contribution is 5.94. The molecule has 3 rings (SSSR count). The van der Waals surface area contributed by atoms with Gasteiger partial charge in [0.05, 0.1) is 6.20 Å². The summed E-state index contributed by atoms with van der Waals surface area (Å²) in [5.74, 6) is -0.533. The molecule has 20 heavy (non-hydrogen) atoms. The molecule has 7 nitrogen and oxygen atoms in total. The first-order valence-corrected chi connectivity index (χ1v) is 6.07. The number of nitrogens with two attached hydrogens (primary N) is 1. The molecule has 3 heterocycles. The zero-order valence-corrected chi connectivity index (χ0v) is 10.7. The number of hydrogen-bond donors (Lipinski definition) is 3. The number of nitrogens with one attached hydrogen (secondary N) is 1. The third kappa shape index (κ3) is 1.89. The molecule has 0 aliphatic carbocycles. The number of carbonyl (C=O) groups is 1. The largest absolute Gasteiger partial charge is 0.480 e. The number of rotatable bonds is 3. The molecule has 4 N–H and O–H groups in total. The van der Waals surface area contributed by atoms with Crippen molar-refractivity contribution in [1.29, 1.82) is 0 Å². The highest BCUT2D eigenvalue weighted by Crippen LogP contribution is 2.29. The summed E-state index contributed by atoms with van der Waals surface area (Å²) in [4.78, 5) is 18.2. The van der Waals surface area contributed by atoms with Gasteiger partial charge in [0.2, 0.25) is 0 Å². The average molecular weight is 271 g/mol. The Labute approximate surface area is 114 Å². The second-order valence-corrected chi connectivity index (χ2v) is 4.56.